The number of halogens is 1. The molecule has 2 amide bonds. The summed E-state index contributed by atoms with van der Waals surface area (Å²) in [5.41, 5.74) is 0.734. The van der Waals surface area contributed by atoms with Crippen molar-refractivity contribution in [1.29, 1.82) is 0 Å². The van der Waals surface area contributed by atoms with E-state index in [1.807, 2.05) is 0 Å². The Morgan fingerprint density at radius 2 is 2.18 bits per heavy atom. The fourth-order valence-electron chi connectivity index (χ4n) is 2.11. The van der Waals surface area contributed by atoms with Crippen molar-refractivity contribution < 1.29 is 19.1 Å². The third-order valence-electron chi connectivity index (χ3n) is 3.04. The molecule has 1 aliphatic rings. The number of amides is 2. The molecule has 1 aromatic rings. The summed E-state index contributed by atoms with van der Waals surface area (Å²) in [5.74, 6) is 0.0656. The van der Waals surface area contributed by atoms with Crippen LogP contribution < -0.4 is 15.4 Å². The first-order chi connectivity index (χ1) is 10.5. The van der Waals surface area contributed by atoms with E-state index in [1.165, 1.54) is 0 Å². The maximum atomic E-state index is 12.0. The van der Waals surface area contributed by atoms with Crippen LogP contribution in [0.15, 0.2) is 35.5 Å². The van der Waals surface area contributed by atoms with Gasteiger partial charge in [0.15, 0.2) is 0 Å². The van der Waals surface area contributed by atoms with Gasteiger partial charge in [0.1, 0.15) is 12.4 Å². The highest BCUT2D eigenvalue weighted by Gasteiger charge is 2.29. The van der Waals surface area contributed by atoms with Gasteiger partial charge in [-0.1, -0.05) is 17.7 Å². The minimum atomic E-state index is -0.479. The molecule has 0 bridgehead atoms. The van der Waals surface area contributed by atoms with Gasteiger partial charge in [0.2, 0.25) is 0 Å². The first kappa shape index (κ1) is 16.2. The molecule has 2 rings (SSSR count). The SMILES string of the molecule is CCOC(=O)C1=C(COc2cccc(Cl)c2)NC(=O)N[C@H]1C. The summed E-state index contributed by atoms with van der Waals surface area (Å²) in [6.45, 7) is 3.72. The Balaban J connectivity index is 2.20. The van der Waals surface area contributed by atoms with Crippen molar-refractivity contribution in [2.75, 3.05) is 13.2 Å². The van der Waals surface area contributed by atoms with Crippen LogP contribution in [0.1, 0.15) is 13.8 Å². The molecule has 1 atom stereocenters. The Labute approximate surface area is 133 Å². The second kappa shape index (κ2) is 7.17. The number of nitrogens with one attached hydrogen (secondary N) is 2. The molecule has 2 N–H and O–H groups in total. The predicted octanol–water partition coefficient (Wildman–Crippen LogP) is 2.24. The molecule has 22 heavy (non-hydrogen) atoms. The lowest BCUT2D eigenvalue weighted by molar-refractivity contribution is -0.139. The number of carbonyl (C=O) groups is 2. The van der Waals surface area contributed by atoms with E-state index in [4.69, 9.17) is 21.1 Å². The number of ether oxygens (including phenoxy) is 2. The molecular formula is C15H17ClN2O4. The zero-order chi connectivity index (χ0) is 16.1. The van der Waals surface area contributed by atoms with Crippen molar-refractivity contribution in [2.24, 2.45) is 0 Å². The molecule has 0 aliphatic carbocycles. The Morgan fingerprint density at radius 1 is 1.41 bits per heavy atom. The minimum Gasteiger partial charge on any atom is -0.487 e. The van der Waals surface area contributed by atoms with Crippen molar-refractivity contribution in [2.45, 2.75) is 19.9 Å². The van der Waals surface area contributed by atoms with E-state index in [2.05, 4.69) is 10.6 Å². The van der Waals surface area contributed by atoms with Crippen molar-refractivity contribution in [3.8, 4) is 5.75 Å². The largest absolute Gasteiger partial charge is 0.487 e. The van der Waals surface area contributed by atoms with Crippen molar-refractivity contribution in [3.05, 3.63) is 40.6 Å². The number of urea groups is 1. The molecule has 0 aromatic heterocycles. The monoisotopic (exact) mass is 324 g/mol. The molecule has 1 aromatic carbocycles. The first-order valence-corrected chi connectivity index (χ1v) is 7.25. The van der Waals surface area contributed by atoms with E-state index in [9.17, 15) is 9.59 Å². The smallest absolute Gasteiger partial charge is 0.338 e. The molecule has 0 saturated heterocycles. The molecule has 118 valence electrons. The lowest BCUT2D eigenvalue weighted by Gasteiger charge is -2.26. The summed E-state index contributed by atoms with van der Waals surface area (Å²) in [6.07, 6.45) is 0. The fraction of sp³-hybridized carbons (Fsp3) is 0.333. The van der Waals surface area contributed by atoms with Crippen molar-refractivity contribution in [3.63, 3.8) is 0 Å². The Bertz CT molecular complexity index is 615. The summed E-state index contributed by atoms with van der Waals surface area (Å²) in [6, 6.07) is 6.03. The Morgan fingerprint density at radius 3 is 2.86 bits per heavy atom. The van der Waals surface area contributed by atoms with Crippen LogP contribution >= 0.6 is 11.6 Å². The second-order valence-electron chi connectivity index (χ2n) is 4.68. The molecule has 0 saturated carbocycles. The predicted molar refractivity (Wildman–Crippen MR) is 81.7 cm³/mol. The average molecular weight is 325 g/mol. The van der Waals surface area contributed by atoms with Gasteiger partial charge in [-0.2, -0.15) is 0 Å². The van der Waals surface area contributed by atoms with Gasteiger partial charge >= 0.3 is 12.0 Å². The number of hydrogen-bond acceptors (Lipinski definition) is 4. The molecule has 0 fully saturated rings. The maximum absolute atomic E-state index is 12.0. The topological polar surface area (TPSA) is 76.7 Å². The molecule has 0 radical (unpaired) electrons. The van der Waals surface area contributed by atoms with Gasteiger partial charge in [0.25, 0.3) is 0 Å². The summed E-state index contributed by atoms with van der Waals surface area (Å²) in [4.78, 5) is 23.6. The van der Waals surface area contributed by atoms with Crippen LogP contribution in [0.25, 0.3) is 0 Å². The quantitative estimate of drug-likeness (QED) is 0.814. The Kier molecular flexibility index (Phi) is 5.27. The maximum Gasteiger partial charge on any atom is 0.338 e. The van der Waals surface area contributed by atoms with Gasteiger partial charge in [-0.05, 0) is 32.0 Å². The van der Waals surface area contributed by atoms with Gasteiger partial charge in [-0.15, -0.1) is 0 Å². The third kappa shape index (κ3) is 3.92. The molecule has 1 aliphatic heterocycles. The zero-order valence-electron chi connectivity index (χ0n) is 12.3. The van der Waals surface area contributed by atoms with E-state index in [-0.39, 0.29) is 19.2 Å². The highest BCUT2D eigenvalue weighted by Crippen LogP contribution is 2.19. The average Bonchev–Trinajstić information content (AvgIpc) is 2.44. The second-order valence-corrected chi connectivity index (χ2v) is 5.12. The highest BCUT2D eigenvalue weighted by molar-refractivity contribution is 6.30. The van der Waals surface area contributed by atoms with Crippen LogP contribution in [0.4, 0.5) is 4.79 Å². The van der Waals surface area contributed by atoms with E-state index < -0.39 is 12.0 Å². The molecule has 7 heteroatoms. The fourth-order valence-corrected chi connectivity index (χ4v) is 2.29. The third-order valence-corrected chi connectivity index (χ3v) is 3.28. The van der Waals surface area contributed by atoms with Crippen LogP contribution in [0.2, 0.25) is 5.02 Å². The van der Waals surface area contributed by atoms with Gasteiger partial charge in [0.05, 0.1) is 23.9 Å². The molecule has 6 nitrogen and oxygen atoms in total. The van der Waals surface area contributed by atoms with E-state index in [0.29, 0.717) is 22.0 Å². The summed E-state index contributed by atoms with van der Waals surface area (Å²) in [5, 5.41) is 5.75. The number of carbonyl (C=O) groups excluding carboxylic acids is 2. The number of hydrogen-bond donors (Lipinski definition) is 2. The summed E-state index contributed by atoms with van der Waals surface area (Å²) >= 11 is 5.89. The molecule has 0 unspecified atom stereocenters. The molecule has 1 heterocycles. The van der Waals surface area contributed by atoms with Crippen molar-refractivity contribution in [1.82, 2.24) is 10.6 Å². The lowest BCUT2D eigenvalue weighted by Crippen LogP contribution is -2.50. The highest BCUT2D eigenvalue weighted by atomic mass is 35.5. The standard InChI is InChI=1S/C15H17ClN2O4/c1-3-21-14(19)13-9(2)17-15(20)18-12(13)8-22-11-6-4-5-10(16)7-11/h4-7,9H,3,8H2,1-2H3,(H2,17,18,20)/t9-/m0/s1. The van der Waals surface area contributed by atoms with Crippen LogP contribution in [-0.4, -0.2) is 31.3 Å². The Hall–Kier alpha value is -2.21. The zero-order valence-corrected chi connectivity index (χ0v) is 13.1. The van der Waals surface area contributed by atoms with E-state index >= 15 is 0 Å². The van der Waals surface area contributed by atoms with Crippen LogP contribution in [0.5, 0.6) is 5.75 Å². The van der Waals surface area contributed by atoms with E-state index in [1.54, 1.807) is 38.1 Å². The van der Waals surface area contributed by atoms with Gasteiger partial charge in [0, 0.05) is 5.02 Å². The van der Waals surface area contributed by atoms with Gasteiger partial charge in [-0.3, -0.25) is 0 Å². The summed E-state index contributed by atoms with van der Waals surface area (Å²) < 4.78 is 10.6. The number of benzene rings is 1. The van der Waals surface area contributed by atoms with Crippen LogP contribution in [0.3, 0.4) is 0 Å². The minimum absolute atomic E-state index is 0.0340. The first-order valence-electron chi connectivity index (χ1n) is 6.87. The molecule has 0 spiro atoms. The van der Waals surface area contributed by atoms with Crippen LogP contribution in [-0.2, 0) is 9.53 Å². The molecular weight excluding hydrogens is 308 g/mol. The number of esters is 1. The van der Waals surface area contributed by atoms with Gasteiger partial charge in [-0.25, -0.2) is 9.59 Å². The van der Waals surface area contributed by atoms with Crippen LogP contribution in [0, 0.1) is 0 Å². The van der Waals surface area contributed by atoms with E-state index in [0.717, 1.165) is 0 Å². The van der Waals surface area contributed by atoms with Gasteiger partial charge < -0.3 is 20.1 Å². The summed E-state index contributed by atoms with van der Waals surface area (Å²) in [7, 11) is 0. The van der Waals surface area contributed by atoms with Crippen molar-refractivity contribution >= 4 is 23.6 Å². The normalized spacial score (nSPS) is 17.6. The number of rotatable bonds is 5. The lowest BCUT2D eigenvalue weighted by atomic mass is 10.0.